The number of rotatable bonds is 2. The maximum Gasteiger partial charge on any atom is 0.0931 e. The Hall–Kier alpha value is 0.300. The van der Waals surface area contributed by atoms with Gasteiger partial charge in [-0.15, -0.1) is 11.3 Å². The summed E-state index contributed by atoms with van der Waals surface area (Å²) < 4.78 is 0.896. The molecule has 78 valence electrons. The summed E-state index contributed by atoms with van der Waals surface area (Å²) >= 11 is 12.1. The minimum absolute atomic E-state index is 0.634. The van der Waals surface area contributed by atoms with Crippen molar-refractivity contribution in [3.8, 4) is 0 Å². The number of thiophene rings is 1. The first-order chi connectivity index (χ1) is 6.70. The highest BCUT2D eigenvalue weighted by Crippen LogP contribution is 2.37. The van der Waals surface area contributed by atoms with Gasteiger partial charge >= 0.3 is 0 Å². The zero-order chi connectivity index (χ0) is 10.1. The molecule has 1 saturated heterocycles. The van der Waals surface area contributed by atoms with Gasteiger partial charge in [0.2, 0.25) is 0 Å². The summed E-state index contributed by atoms with van der Waals surface area (Å²) in [5.41, 5.74) is 0. The van der Waals surface area contributed by atoms with Crippen LogP contribution in [0.15, 0.2) is 12.1 Å². The molecule has 1 fully saturated rings. The van der Waals surface area contributed by atoms with Crippen LogP contribution in [-0.4, -0.2) is 30.8 Å². The Bertz CT molecular complexity index is 313. The molecule has 1 aromatic rings. The van der Waals surface area contributed by atoms with E-state index in [4.69, 9.17) is 11.6 Å². The lowest BCUT2D eigenvalue weighted by molar-refractivity contribution is 0.402. The van der Waals surface area contributed by atoms with Crippen LogP contribution in [0.5, 0.6) is 0 Å². The quantitative estimate of drug-likeness (QED) is 0.787. The lowest BCUT2D eigenvalue weighted by atomic mass is 9.96. The van der Waals surface area contributed by atoms with Gasteiger partial charge < -0.3 is 4.90 Å². The maximum absolute atomic E-state index is 5.95. The zero-order valence-electron chi connectivity index (χ0n) is 8.11. The number of likely N-dealkylation sites (N-methyl/N-ethyl adjacent to an activating group) is 1. The summed E-state index contributed by atoms with van der Waals surface area (Å²) in [5, 5.41) is 0. The normalized spacial score (nSPS) is 28.5. The Morgan fingerprint density at radius 1 is 1.57 bits per heavy atom. The monoisotopic (exact) mass is 247 g/mol. The molecule has 2 rings (SSSR count). The molecule has 1 nitrogen and oxygen atoms in total. The van der Waals surface area contributed by atoms with Crippen molar-refractivity contribution < 1.29 is 0 Å². The number of halogens is 1. The fraction of sp³-hybridized carbons (Fsp3) is 0.600. The summed E-state index contributed by atoms with van der Waals surface area (Å²) in [6.07, 6.45) is 0. The van der Waals surface area contributed by atoms with Crippen LogP contribution in [0.4, 0.5) is 0 Å². The summed E-state index contributed by atoms with van der Waals surface area (Å²) in [4.78, 5) is 3.79. The Balaban J connectivity index is 2.17. The summed E-state index contributed by atoms with van der Waals surface area (Å²) in [7, 11) is 2.17. The molecule has 14 heavy (non-hydrogen) atoms. The van der Waals surface area contributed by atoms with E-state index in [1.165, 1.54) is 4.88 Å². The highest BCUT2D eigenvalue weighted by molar-refractivity contribution is 7.80. The molecule has 1 aromatic heterocycles. The average molecular weight is 248 g/mol. The van der Waals surface area contributed by atoms with E-state index in [-0.39, 0.29) is 0 Å². The van der Waals surface area contributed by atoms with E-state index >= 15 is 0 Å². The fourth-order valence-electron chi connectivity index (χ4n) is 2.12. The van der Waals surface area contributed by atoms with Crippen LogP contribution >= 0.6 is 35.6 Å². The van der Waals surface area contributed by atoms with Crippen LogP contribution in [-0.2, 0) is 0 Å². The van der Waals surface area contributed by atoms with Gasteiger partial charge in [-0.3, -0.25) is 0 Å². The third-order valence-electron chi connectivity index (χ3n) is 2.82. The highest BCUT2D eigenvalue weighted by Gasteiger charge is 2.31. The van der Waals surface area contributed by atoms with Crippen LogP contribution < -0.4 is 0 Å². The highest BCUT2D eigenvalue weighted by atomic mass is 35.5. The second-order valence-corrected chi connectivity index (χ2v) is 6.02. The van der Waals surface area contributed by atoms with Crippen LogP contribution in [0, 0.1) is 5.92 Å². The summed E-state index contributed by atoms with van der Waals surface area (Å²) in [6, 6.07) is 4.16. The standard InChI is InChI=1S/C10H14ClNS2/c1-12-4-7(6-13)8(5-12)9-2-3-10(11)14-9/h2-3,7-8,13H,4-6H2,1H3. The van der Waals surface area contributed by atoms with Gasteiger partial charge in [-0.25, -0.2) is 0 Å². The number of nitrogens with zero attached hydrogens (tertiary/aromatic N) is 1. The first-order valence-corrected chi connectivity index (χ1v) is 6.58. The molecule has 1 aliphatic heterocycles. The van der Waals surface area contributed by atoms with Crippen molar-refractivity contribution in [1.82, 2.24) is 4.90 Å². The predicted octanol–water partition coefficient (Wildman–Crippen LogP) is 2.98. The number of thiol groups is 1. The predicted molar refractivity (Wildman–Crippen MR) is 66.9 cm³/mol. The van der Waals surface area contributed by atoms with E-state index in [1.807, 2.05) is 6.07 Å². The van der Waals surface area contributed by atoms with E-state index in [0.717, 1.165) is 23.2 Å². The first kappa shape index (κ1) is 10.8. The topological polar surface area (TPSA) is 3.24 Å². The molecule has 0 aliphatic carbocycles. The number of hydrogen-bond donors (Lipinski definition) is 1. The Labute approximate surface area is 99.5 Å². The van der Waals surface area contributed by atoms with Gasteiger partial charge in [-0.2, -0.15) is 12.6 Å². The molecule has 4 heteroatoms. The van der Waals surface area contributed by atoms with Gasteiger partial charge in [0.05, 0.1) is 4.34 Å². The lowest BCUT2D eigenvalue weighted by Crippen LogP contribution is -2.14. The van der Waals surface area contributed by atoms with Gasteiger partial charge in [0.1, 0.15) is 0 Å². The molecule has 0 bridgehead atoms. The summed E-state index contributed by atoms with van der Waals surface area (Å²) in [6.45, 7) is 2.30. The SMILES string of the molecule is CN1CC(CS)C(c2ccc(Cl)s2)C1. The minimum atomic E-state index is 0.634. The number of hydrogen-bond acceptors (Lipinski definition) is 3. The molecule has 0 radical (unpaired) electrons. The summed E-state index contributed by atoms with van der Waals surface area (Å²) in [5.74, 6) is 2.28. The molecule has 0 aromatic carbocycles. The Kier molecular flexibility index (Phi) is 3.42. The molecule has 0 spiro atoms. The lowest BCUT2D eigenvalue weighted by Gasteiger charge is -2.13. The van der Waals surface area contributed by atoms with Gasteiger partial charge in [0, 0.05) is 23.9 Å². The molecular formula is C10H14ClNS2. The van der Waals surface area contributed by atoms with Crippen molar-refractivity contribution >= 4 is 35.6 Å². The van der Waals surface area contributed by atoms with Crippen LogP contribution in [0.2, 0.25) is 4.34 Å². The van der Waals surface area contributed by atoms with Crippen molar-refractivity contribution in [2.75, 3.05) is 25.9 Å². The van der Waals surface area contributed by atoms with Gasteiger partial charge in [0.25, 0.3) is 0 Å². The zero-order valence-corrected chi connectivity index (χ0v) is 10.6. The van der Waals surface area contributed by atoms with Gasteiger partial charge in [0.15, 0.2) is 0 Å². The van der Waals surface area contributed by atoms with E-state index in [9.17, 15) is 0 Å². The average Bonchev–Trinajstić information content (AvgIpc) is 2.71. The smallest absolute Gasteiger partial charge is 0.0931 e. The molecule has 2 heterocycles. The van der Waals surface area contributed by atoms with Crippen molar-refractivity contribution in [2.24, 2.45) is 5.92 Å². The van der Waals surface area contributed by atoms with Gasteiger partial charge in [-0.05, 0) is 30.9 Å². The van der Waals surface area contributed by atoms with E-state index < -0.39 is 0 Å². The minimum Gasteiger partial charge on any atom is -0.305 e. The van der Waals surface area contributed by atoms with E-state index in [1.54, 1.807) is 11.3 Å². The Morgan fingerprint density at radius 2 is 2.36 bits per heavy atom. The fourth-order valence-corrected chi connectivity index (χ4v) is 3.74. The molecule has 2 atom stereocenters. The largest absolute Gasteiger partial charge is 0.305 e. The number of likely N-dealkylation sites (tertiary alicyclic amines) is 1. The van der Waals surface area contributed by atoms with Crippen molar-refractivity contribution in [3.05, 3.63) is 21.3 Å². The van der Waals surface area contributed by atoms with Crippen molar-refractivity contribution in [3.63, 3.8) is 0 Å². The third-order valence-corrected chi connectivity index (χ3v) is 4.65. The molecule has 0 amide bonds. The van der Waals surface area contributed by atoms with Crippen LogP contribution in [0.25, 0.3) is 0 Å². The molecule has 2 unspecified atom stereocenters. The third kappa shape index (κ3) is 2.11. The molecule has 1 aliphatic rings. The van der Waals surface area contributed by atoms with Crippen molar-refractivity contribution in [2.45, 2.75) is 5.92 Å². The molecule has 0 saturated carbocycles. The van der Waals surface area contributed by atoms with Crippen LogP contribution in [0.3, 0.4) is 0 Å². The molecule has 0 N–H and O–H groups in total. The molecular weight excluding hydrogens is 234 g/mol. The Morgan fingerprint density at radius 3 is 2.93 bits per heavy atom. The maximum atomic E-state index is 5.95. The van der Waals surface area contributed by atoms with Crippen LogP contribution in [0.1, 0.15) is 10.8 Å². The van der Waals surface area contributed by atoms with Crippen molar-refractivity contribution in [1.29, 1.82) is 0 Å². The second kappa shape index (κ2) is 4.44. The van der Waals surface area contributed by atoms with Gasteiger partial charge in [-0.1, -0.05) is 11.6 Å². The van der Waals surface area contributed by atoms with E-state index in [0.29, 0.717) is 11.8 Å². The van der Waals surface area contributed by atoms with E-state index in [2.05, 4.69) is 30.6 Å². The first-order valence-electron chi connectivity index (χ1n) is 4.75. The second-order valence-electron chi connectivity index (χ2n) is 3.91.